The molecule has 0 radical (unpaired) electrons. The number of nitrogens with zero attached hydrogens (tertiary/aromatic N) is 4. The van der Waals surface area contributed by atoms with Crippen molar-refractivity contribution in [1.82, 2.24) is 10.3 Å². The third kappa shape index (κ3) is 4.67. The number of H-pyrrole nitrogens is 1. The Balaban J connectivity index is 1.39. The first kappa shape index (κ1) is 20.8. The standard InChI is InChI=1S/C24H28N6O/c1-2-20-21-16-18(28-29-25)8-11-22(21)27-23(20)24(31)26-13-12-17-6-9-19(10-7-17)30-14-4-3-5-15-30/h6-11,16,27H,2-5,12-15H2,1H3,(H,26,31). The predicted molar refractivity (Wildman–Crippen MR) is 125 cm³/mol. The smallest absolute Gasteiger partial charge is 0.268 e. The van der Waals surface area contributed by atoms with E-state index in [1.54, 1.807) is 6.07 Å². The molecule has 1 aliphatic rings. The van der Waals surface area contributed by atoms with Crippen molar-refractivity contribution in [1.29, 1.82) is 0 Å². The molecule has 0 spiro atoms. The summed E-state index contributed by atoms with van der Waals surface area (Å²) in [6.07, 6.45) is 5.37. The number of aromatic amines is 1. The van der Waals surface area contributed by atoms with Crippen molar-refractivity contribution in [3.63, 3.8) is 0 Å². The van der Waals surface area contributed by atoms with Crippen molar-refractivity contribution in [2.24, 2.45) is 5.11 Å². The molecule has 1 aromatic heterocycles. The Morgan fingerprint density at radius 2 is 1.94 bits per heavy atom. The number of hydrogen-bond donors (Lipinski definition) is 2. The zero-order chi connectivity index (χ0) is 21.6. The minimum Gasteiger partial charge on any atom is -0.372 e. The van der Waals surface area contributed by atoms with E-state index < -0.39 is 0 Å². The van der Waals surface area contributed by atoms with Gasteiger partial charge in [0.05, 0.1) is 0 Å². The van der Waals surface area contributed by atoms with E-state index in [4.69, 9.17) is 5.53 Å². The van der Waals surface area contributed by atoms with Gasteiger partial charge in [-0.2, -0.15) is 0 Å². The van der Waals surface area contributed by atoms with Crippen LogP contribution in [0.5, 0.6) is 0 Å². The summed E-state index contributed by atoms with van der Waals surface area (Å²) in [4.78, 5) is 21.3. The van der Waals surface area contributed by atoms with Crippen LogP contribution in [-0.2, 0) is 12.8 Å². The van der Waals surface area contributed by atoms with E-state index in [2.05, 4.69) is 49.5 Å². The highest BCUT2D eigenvalue weighted by atomic mass is 16.1. The Kier molecular flexibility index (Phi) is 6.43. The Morgan fingerprint density at radius 3 is 2.65 bits per heavy atom. The topological polar surface area (TPSA) is 96.9 Å². The first-order valence-electron chi connectivity index (χ1n) is 11.0. The van der Waals surface area contributed by atoms with Crippen LogP contribution in [0.4, 0.5) is 11.4 Å². The summed E-state index contributed by atoms with van der Waals surface area (Å²) in [6, 6.07) is 14.1. The second kappa shape index (κ2) is 9.58. The van der Waals surface area contributed by atoms with E-state index in [0.717, 1.165) is 36.0 Å². The number of nitrogens with one attached hydrogen (secondary N) is 2. The van der Waals surface area contributed by atoms with Gasteiger partial charge in [-0.3, -0.25) is 4.79 Å². The zero-order valence-electron chi connectivity index (χ0n) is 17.9. The summed E-state index contributed by atoms with van der Waals surface area (Å²) in [5.74, 6) is -0.108. The number of carbonyl (C=O) groups excluding carboxylic acids is 1. The average molecular weight is 417 g/mol. The molecule has 4 rings (SSSR count). The maximum atomic E-state index is 12.8. The highest BCUT2D eigenvalue weighted by molar-refractivity contribution is 6.01. The van der Waals surface area contributed by atoms with Crippen LogP contribution < -0.4 is 10.2 Å². The fourth-order valence-electron chi connectivity index (χ4n) is 4.34. The number of fused-ring (bicyclic) bond motifs is 1. The van der Waals surface area contributed by atoms with E-state index in [1.807, 2.05) is 19.1 Å². The molecule has 3 aromatic rings. The molecule has 7 heteroatoms. The van der Waals surface area contributed by atoms with Crippen LogP contribution in [0.15, 0.2) is 47.6 Å². The first-order chi connectivity index (χ1) is 15.2. The number of hydrogen-bond acceptors (Lipinski definition) is 3. The Labute approximate surface area is 182 Å². The van der Waals surface area contributed by atoms with Gasteiger partial charge in [-0.15, -0.1) is 0 Å². The lowest BCUT2D eigenvalue weighted by Crippen LogP contribution is -2.29. The van der Waals surface area contributed by atoms with Crippen molar-refractivity contribution in [2.75, 3.05) is 24.5 Å². The van der Waals surface area contributed by atoms with Gasteiger partial charge in [-0.1, -0.05) is 30.2 Å². The zero-order valence-corrected chi connectivity index (χ0v) is 17.9. The van der Waals surface area contributed by atoms with Gasteiger partial charge < -0.3 is 15.2 Å². The Bertz CT molecular complexity index is 1110. The van der Waals surface area contributed by atoms with Gasteiger partial charge in [0.2, 0.25) is 0 Å². The monoisotopic (exact) mass is 416 g/mol. The molecule has 0 aliphatic carbocycles. The van der Waals surface area contributed by atoms with Gasteiger partial charge in [0, 0.05) is 46.8 Å². The van der Waals surface area contributed by atoms with Crippen LogP contribution in [0.3, 0.4) is 0 Å². The second-order valence-corrected chi connectivity index (χ2v) is 7.97. The quantitative estimate of drug-likeness (QED) is 0.296. The Morgan fingerprint density at radius 1 is 1.16 bits per heavy atom. The van der Waals surface area contributed by atoms with Crippen LogP contribution in [0.1, 0.15) is 47.8 Å². The fraction of sp³-hybridized carbons (Fsp3) is 0.375. The molecular weight excluding hydrogens is 388 g/mol. The summed E-state index contributed by atoms with van der Waals surface area (Å²) < 4.78 is 0. The molecule has 0 atom stereocenters. The number of amides is 1. The number of piperidine rings is 1. The molecule has 2 N–H and O–H groups in total. The summed E-state index contributed by atoms with van der Waals surface area (Å²) in [5.41, 5.74) is 14.1. The molecule has 1 amide bonds. The molecule has 31 heavy (non-hydrogen) atoms. The van der Waals surface area contributed by atoms with Gasteiger partial charge in [0.25, 0.3) is 5.91 Å². The summed E-state index contributed by atoms with van der Waals surface area (Å²) >= 11 is 0. The molecule has 0 saturated carbocycles. The van der Waals surface area contributed by atoms with Crippen LogP contribution in [0, 0.1) is 0 Å². The molecule has 160 valence electrons. The lowest BCUT2D eigenvalue weighted by Gasteiger charge is -2.28. The lowest BCUT2D eigenvalue weighted by atomic mass is 10.1. The molecule has 1 aliphatic heterocycles. The largest absolute Gasteiger partial charge is 0.372 e. The van der Waals surface area contributed by atoms with Crippen molar-refractivity contribution in [3.8, 4) is 0 Å². The molecule has 1 saturated heterocycles. The normalized spacial score (nSPS) is 13.8. The minimum absolute atomic E-state index is 0.108. The van der Waals surface area contributed by atoms with Gasteiger partial charge >= 0.3 is 0 Å². The number of anilines is 1. The molecule has 2 heterocycles. The van der Waals surface area contributed by atoms with Crippen molar-refractivity contribution in [3.05, 3.63) is 69.7 Å². The van der Waals surface area contributed by atoms with Gasteiger partial charge in [0.1, 0.15) is 5.69 Å². The summed E-state index contributed by atoms with van der Waals surface area (Å²) in [5, 5.41) is 7.63. The van der Waals surface area contributed by atoms with Crippen LogP contribution in [0.2, 0.25) is 0 Å². The maximum absolute atomic E-state index is 12.8. The number of aromatic nitrogens is 1. The van der Waals surface area contributed by atoms with Crippen molar-refractivity contribution >= 4 is 28.2 Å². The Hall–Kier alpha value is -3.44. The third-order valence-electron chi connectivity index (χ3n) is 5.99. The molecule has 0 unspecified atom stereocenters. The summed E-state index contributed by atoms with van der Waals surface area (Å²) in [7, 11) is 0. The van der Waals surface area contributed by atoms with Crippen LogP contribution >= 0.6 is 0 Å². The van der Waals surface area contributed by atoms with Gasteiger partial charge in [0.15, 0.2) is 0 Å². The number of benzene rings is 2. The van der Waals surface area contributed by atoms with E-state index in [9.17, 15) is 4.79 Å². The third-order valence-corrected chi connectivity index (χ3v) is 5.99. The van der Waals surface area contributed by atoms with E-state index in [0.29, 0.717) is 24.3 Å². The van der Waals surface area contributed by atoms with Crippen molar-refractivity contribution in [2.45, 2.75) is 39.0 Å². The molecule has 0 bridgehead atoms. The second-order valence-electron chi connectivity index (χ2n) is 7.97. The maximum Gasteiger partial charge on any atom is 0.268 e. The van der Waals surface area contributed by atoms with E-state index in [1.165, 1.54) is 30.5 Å². The molecule has 7 nitrogen and oxygen atoms in total. The minimum atomic E-state index is -0.108. The highest BCUT2D eigenvalue weighted by Crippen LogP contribution is 2.27. The number of azide groups is 1. The highest BCUT2D eigenvalue weighted by Gasteiger charge is 2.16. The van der Waals surface area contributed by atoms with E-state index >= 15 is 0 Å². The van der Waals surface area contributed by atoms with E-state index in [-0.39, 0.29) is 5.91 Å². The van der Waals surface area contributed by atoms with Crippen molar-refractivity contribution < 1.29 is 4.79 Å². The fourth-order valence-corrected chi connectivity index (χ4v) is 4.34. The SMILES string of the molecule is CCc1c(C(=O)NCCc2ccc(N3CCCCC3)cc2)[nH]c2ccc(N=[N+]=[N-])cc12. The lowest BCUT2D eigenvalue weighted by molar-refractivity contribution is 0.0949. The van der Waals surface area contributed by atoms with Gasteiger partial charge in [-0.05, 0) is 73.0 Å². The number of carbonyl (C=O) groups is 1. The van der Waals surface area contributed by atoms with Crippen LogP contribution in [0.25, 0.3) is 21.3 Å². The van der Waals surface area contributed by atoms with Crippen LogP contribution in [-0.4, -0.2) is 30.5 Å². The summed E-state index contributed by atoms with van der Waals surface area (Å²) in [6.45, 7) is 4.88. The predicted octanol–water partition coefficient (Wildman–Crippen LogP) is 5.63. The van der Waals surface area contributed by atoms with Gasteiger partial charge in [-0.25, -0.2) is 0 Å². The number of rotatable bonds is 7. The number of aryl methyl sites for hydroxylation is 1. The average Bonchev–Trinajstić information content (AvgIpc) is 3.18. The molecule has 1 fully saturated rings. The molecular formula is C24H28N6O. The molecule has 2 aromatic carbocycles. The first-order valence-corrected chi connectivity index (χ1v) is 11.0.